The van der Waals surface area contributed by atoms with Gasteiger partial charge in [0, 0.05) is 12.6 Å². The first-order valence-electron chi connectivity index (χ1n) is 5.74. The maximum Gasteiger partial charge on any atom is 0.311 e. The van der Waals surface area contributed by atoms with Crippen LogP contribution >= 0.6 is 11.6 Å². The van der Waals surface area contributed by atoms with Crippen molar-refractivity contribution in [3.8, 4) is 5.75 Å². The Labute approximate surface area is 115 Å². The van der Waals surface area contributed by atoms with Crippen molar-refractivity contribution < 1.29 is 14.5 Å². The number of nitrogens with zero attached hydrogens (tertiary/aromatic N) is 1. The van der Waals surface area contributed by atoms with E-state index in [2.05, 4.69) is 5.32 Å². The van der Waals surface area contributed by atoms with Gasteiger partial charge in [0.15, 0.2) is 0 Å². The molecule has 0 aliphatic rings. The SMILES string of the molecule is CCC(Cl)CNC(=O)c1cccc([N+](=O)[O-])c1OC. The highest BCUT2D eigenvalue weighted by Gasteiger charge is 2.22. The number of amides is 1. The molecule has 0 aliphatic carbocycles. The Balaban J connectivity index is 2.96. The minimum absolute atomic E-state index is 0.0485. The Morgan fingerprint density at radius 1 is 1.58 bits per heavy atom. The molecule has 1 aromatic carbocycles. The molecule has 0 heterocycles. The summed E-state index contributed by atoms with van der Waals surface area (Å²) in [4.78, 5) is 22.2. The third-order valence-electron chi connectivity index (χ3n) is 2.57. The quantitative estimate of drug-likeness (QED) is 0.494. The lowest BCUT2D eigenvalue weighted by Crippen LogP contribution is -2.29. The smallest absolute Gasteiger partial charge is 0.311 e. The zero-order valence-electron chi connectivity index (χ0n) is 10.7. The summed E-state index contributed by atoms with van der Waals surface area (Å²) in [6.45, 7) is 2.19. The second-order valence-corrected chi connectivity index (χ2v) is 4.45. The molecule has 0 radical (unpaired) electrons. The van der Waals surface area contributed by atoms with Gasteiger partial charge in [-0.2, -0.15) is 0 Å². The normalized spacial score (nSPS) is 11.7. The number of benzene rings is 1. The lowest BCUT2D eigenvalue weighted by molar-refractivity contribution is -0.385. The van der Waals surface area contributed by atoms with Crippen LogP contribution in [-0.4, -0.2) is 29.9 Å². The van der Waals surface area contributed by atoms with Gasteiger partial charge in [0.2, 0.25) is 5.75 Å². The standard InChI is InChI=1S/C12H15ClN2O4/c1-3-8(13)7-14-12(16)9-5-4-6-10(15(17)18)11(9)19-2/h4-6,8H,3,7H2,1-2H3,(H,14,16). The second kappa shape index (κ2) is 6.94. The minimum atomic E-state index is -0.591. The number of para-hydroxylation sites is 1. The molecule has 0 aromatic heterocycles. The number of nitro groups is 1. The molecule has 1 rings (SSSR count). The van der Waals surface area contributed by atoms with Crippen molar-refractivity contribution in [2.24, 2.45) is 0 Å². The van der Waals surface area contributed by atoms with Crippen LogP contribution in [0.15, 0.2) is 18.2 Å². The molecule has 0 fully saturated rings. The lowest BCUT2D eigenvalue weighted by Gasteiger charge is -2.11. The first-order valence-corrected chi connectivity index (χ1v) is 6.18. The molecule has 0 aliphatic heterocycles. The van der Waals surface area contributed by atoms with E-state index in [1.54, 1.807) is 0 Å². The van der Waals surface area contributed by atoms with Gasteiger partial charge in [0.1, 0.15) is 0 Å². The van der Waals surface area contributed by atoms with E-state index in [1.165, 1.54) is 25.3 Å². The van der Waals surface area contributed by atoms with Crippen LogP contribution in [0.2, 0.25) is 0 Å². The molecule has 19 heavy (non-hydrogen) atoms. The van der Waals surface area contributed by atoms with E-state index in [0.29, 0.717) is 13.0 Å². The maximum atomic E-state index is 11.9. The number of carbonyl (C=O) groups is 1. The number of hydrogen-bond acceptors (Lipinski definition) is 4. The molecule has 1 N–H and O–H groups in total. The summed E-state index contributed by atoms with van der Waals surface area (Å²) in [6, 6.07) is 4.19. The van der Waals surface area contributed by atoms with Crippen molar-refractivity contribution in [2.75, 3.05) is 13.7 Å². The third kappa shape index (κ3) is 3.82. The van der Waals surface area contributed by atoms with E-state index >= 15 is 0 Å². The van der Waals surface area contributed by atoms with E-state index < -0.39 is 10.8 Å². The third-order valence-corrected chi connectivity index (χ3v) is 3.03. The van der Waals surface area contributed by atoms with Gasteiger partial charge in [0.05, 0.1) is 23.0 Å². The van der Waals surface area contributed by atoms with Crippen LogP contribution in [0.25, 0.3) is 0 Å². The summed E-state index contributed by atoms with van der Waals surface area (Å²) in [7, 11) is 1.29. The fourth-order valence-electron chi connectivity index (χ4n) is 1.50. The van der Waals surface area contributed by atoms with Crippen LogP contribution in [0.3, 0.4) is 0 Å². The fraction of sp³-hybridized carbons (Fsp3) is 0.417. The Morgan fingerprint density at radius 3 is 2.79 bits per heavy atom. The monoisotopic (exact) mass is 286 g/mol. The van der Waals surface area contributed by atoms with Gasteiger partial charge in [0.25, 0.3) is 5.91 Å². The molecule has 104 valence electrons. The van der Waals surface area contributed by atoms with E-state index in [4.69, 9.17) is 16.3 Å². The van der Waals surface area contributed by atoms with Gasteiger partial charge < -0.3 is 10.1 Å². The van der Waals surface area contributed by atoms with E-state index in [0.717, 1.165) is 0 Å². The van der Waals surface area contributed by atoms with Crippen molar-refractivity contribution >= 4 is 23.2 Å². The number of halogens is 1. The lowest BCUT2D eigenvalue weighted by atomic mass is 10.1. The van der Waals surface area contributed by atoms with Crippen LogP contribution in [0.1, 0.15) is 23.7 Å². The second-order valence-electron chi connectivity index (χ2n) is 3.83. The highest BCUT2D eigenvalue weighted by atomic mass is 35.5. The molecule has 1 unspecified atom stereocenters. The van der Waals surface area contributed by atoms with Crippen LogP contribution in [0.5, 0.6) is 5.75 Å². The summed E-state index contributed by atoms with van der Waals surface area (Å²) in [5.74, 6) is -0.493. The Morgan fingerprint density at radius 2 is 2.26 bits per heavy atom. The van der Waals surface area contributed by atoms with Crippen molar-refractivity contribution in [1.29, 1.82) is 0 Å². The summed E-state index contributed by atoms with van der Waals surface area (Å²) in [5, 5.41) is 13.3. The molecule has 1 atom stereocenters. The first-order chi connectivity index (χ1) is 9.01. The van der Waals surface area contributed by atoms with Crippen molar-refractivity contribution in [3.63, 3.8) is 0 Å². The summed E-state index contributed by atoms with van der Waals surface area (Å²) >= 11 is 5.90. The van der Waals surface area contributed by atoms with Gasteiger partial charge in [-0.05, 0) is 12.5 Å². The molecular weight excluding hydrogens is 272 g/mol. The van der Waals surface area contributed by atoms with Crippen LogP contribution < -0.4 is 10.1 Å². The van der Waals surface area contributed by atoms with Crippen molar-refractivity contribution in [2.45, 2.75) is 18.7 Å². The number of ether oxygens (including phenoxy) is 1. The molecule has 0 bridgehead atoms. The number of methoxy groups -OCH3 is 1. The van der Waals surface area contributed by atoms with Crippen molar-refractivity contribution in [3.05, 3.63) is 33.9 Å². The Kier molecular flexibility index (Phi) is 5.57. The molecule has 1 amide bonds. The zero-order valence-corrected chi connectivity index (χ0v) is 11.4. The average molecular weight is 287 g/mol. The minimum Gasteiger partial charge on any atom is -0.490 e. The highest BCUT2D eigenvalue weighted by molar-refractivity contribution is 6.20. The van der Waals surface area contributed by atoms with Gasteiger partial charge in [-0.15, -0.1) is 11.6 Å². The molecule has 0 saturated heterocycles. The Bertz CT molecular complexity index is 479. The number of carbonyl (C=O) groups excluding carboxylic acids is 1. The van der Waals surface area contributed by atoms with Gasteiger partial charge in [-0.3, -0.25) is 14.9 Å². The Hall–Kier alpha value is -1.82. The summed E-state index contributed by atoms with van der Waals surface area (Å²) in [6.07, 6.45) is 0.716. The summed E-state index contributed by atoms with van der Waals surface area (Å²) < 4.78 is 4.96. The molecular formula is C12H15ClN2O4. The topological polar surface area (TPSA) is 81.5 Å². The van der Waals surface area contributed by atoms with Crippen LogP contribution in [-0.2, 0) is 0 Å². The molecule has 0 spiro atoms. The molecule has 7 heteroatoms. The van der Waals surface area contributed by atoms with Crippen LogP contribution in [0.4, 0.5) is 5.69 Å². The van der Waals surface area contributed by atoms with Gasteiger partial charge in [-0.25, -0.2) is 0 Å². The average Bonchev–Trinajstić information content (AvgIpc) is 2.43. The maximum absolute atomic E-state index is 11.9. The van der Waals surface area contributed by atoms with Crippen molar-refractivity contribution in [1.82, 2.24) is 5.32 Å². The van der Waals surface area contributed by atoms with Crippen LogP contribution in [0, 0.1) is 10.1 Å². The first kappa shape index (κ1) is 15.2. The number of nitro benzene ring substituents is 1. The molecule has 0 saturated carbocycles. The number of alkyl halides is 1. The largest absolute Gasteiger partial charge is 0.490 e. The van der Waals surface area contributed by atoms with E-state index in [-0.39, 0.29) is 22.4 Å². The van der Waals surface area contributed by atoms with Gasteiger partial charge in [-0.1, -0.05) is 13.0 Å². The predicted octanol–water partition coefficient (Wildman–Crippen LogP) is 2.35. The number of nitrogens with one attached hydrogen (secondary N) is 1. The number of rotatable bonds is 6. The highest BCUT2D eigenvalue weighted by Crippen LogP contribution is 2.30. The predicted molar refractivity (Wildman–Crippen MR) is 71.9 cm³/mol. The molecule has 6 nitrogen and oxygen atoms in total. The zero-order chi connectivity index (χ0) is 14.4. The van der Waals surface area contributed by atoms with Gasteiger partial charge >= 0.3 is 5.69 Å². The molecule has 1 aromatic rings. The van der Waals surface area contributed by atoms with E-state index in [9.17, 15) is 14.9 Å². The fourth-order valence-corrected chi connectivity index (χ4v) is 1.58. The number of hydrogen-bond donors (Lipinski definition) is 1. The summed E-state index contributed by atoms with van der Waals surface area (Å²) in [5.41, 5.74) is -0.121. The van der Waals surface area contributed by atoms with E-state index in [1.807, 2.05) is 6.92 Å².